The predicted molar refractivity (Wildman–Crippen MR) is 116 cm³/mol. The van der Waals surface area contributed by atoms with E-state index >= 15 is 0 Å². The van der Waals surface area contributed by atoms with E-state index in [0.717, 1.165) is 5.01 Å². The highest BCUT2D eigenvalue weighted by Gasteiger charge is 2.79. The summed E-state index contributed by atoms with van der Waals surface area (Å²) in [6.45, 7) is 4.44. The number of fused-ring (bicyclic) bond motifs is 1. The van der Waals surface area contributed by atoms with Crippen LogP contribution in [0.4, 0.5) is 4.79 Å². The number of nitrogens with two attached hydrogens (primary N) is 1. The van der Waals surface area contributed by atoms with E-state index in [2.05, 4.69) is 5.43 Å². The number of nitrogens with zero attached hydrogens (tertiary/aromatic N) is 2. The zero-order valence-corrected chi connectivity index (χ0v) is 19.5. The first-order valence-electron chi connectivity index (χ1n) is 11.2. The quantitative estimate of drug-likeness (QED) is 0.412. The summed E-state index contributed by atoms with van der Waals surface area (Å²) in [5.74, 6) is -2.45. The van der Waals surface area contributed by atoms with Gasteiger partial charge in [0.15, 0.2) is 5.41 Å². The van der Waals surface area contributed by atoms with Crippen LogP contribution in [0.3, 0.4) is 0 Å². The summed E-state index contributed by atoms with van der Waals surface area (Å²) in [5.41, 5.74) is 2.51. The number of amides is 3. The largest absolute Gasteiger partial charge is 0.467 e. The molecule has 2 atom stereocenters. The Morgan fingerprint density at radius 1 is 1.24 bits per heavy atom. The third-order valence-corrected chi connectivity index (χ3v) is 5.94. The van der Waals surface area contributed by atoms with E-state index in [9.17, 15) is 24.3 Å². The molecule has 12 nitrogen and oxygen atoms in total. The van der Waals surface area contributed by atoms with E-state index < -0.39 is 41.6 Å². The molecule has 186 valence electrons. The molecule has 3 rings (SSSR count). The Hall–Kier alpha value is -3.54. The van der Waals surface area contributed by atoms with Crippen molar-refractivity contribution in [2.75, 3.05) is 19.8 Å². The average molecular weight is 479 g/mol. The van der Waals surface area contributed by atoms with Crippen molar-refractivity contribution >= 4 is 23.9 Å². The molecule has 0 spiro atoms. The molecule has 3 heterocycles. The number of hydrazine groups is 1. The number of allylic oxidation sites excluding steroid dienone is 1. The minimum atomic E-state index is -2.72. The summed E-state index contributed by atoms with van der Waals surface area (Å²) in [4.78, 5) is 53.6. The van der Waals surface area contributed by atoms with Crippen LogP contribution in [0, 0.1) is 5.41 Å². The van der Waals surface area contributed by atoms with Crippen molar-refractivity contribution in [3.8, 4) is 0 Å². The fourth-order valence-corrected chi connectivity index (χ4v) is 4.58. The number of furan rings is 1. The lowest BCUT2D eigenvalue weighted by molar-refractivity contribution is -0.190. The molecule has 2 aliphatic rings. The van der Waals surface area contributed by atoms with Crippen molar-refractivity contribution in [3.05, 3.63) is 35.4 Å². The summed E-state index contributed by atoms with van der Waals surface area (Å²) >= 11 is 0. The normalized spacial score (nSPS) is 23.8. The van der Waals surface area contributed by atoms with Crippen LogP contribution in [-0.4, -0.2) is 64.4 Å². The standard InChI is InChI=1S/C22H30N4O8/c1-4-7-10-15-16(17(27)32-5-2)21(19(29)33-6-3)13-25(12-14-9-8-11-34-14)18(28)22(21,31)26(15)24-20(23)30/h8-9,11,31H,4-7,10,12-13H2,1-3H3,(H3,23,24,30). The number of ether oxygens (including phenoxy) is 2. The molecule has 0 aromatic carbocycles. The number of likely N-dealkylation sites (tertiary alicyclic amines) is 1. The number of esters is 2. The lowest BCUT2D eigenvalue weighted by Gasteiger charge is -2.38. The van der Waals surface area contributed by atoms with Crippen LogP contribution >= 0.6 is 0 Å². The predicted octanol–water partition coefficient (Wildman–Crippen LogP) is 0.766. The van der Waals surface area contributed by atoms with Gasteiger partial charge in [-0.15, -0.1) is 0 Å². The maximum Gasteiger partial charge on any atom is 0.337 e. The first-order valence-corrected chi connectivity index (χ1v) is 11.2. The Labute approximate surface area is 196 Å². The van der Waals surface area contributed by atoms with Crippen molar-refractivity contribution in [2.45, 2.75) is 52.3 Å². The third kappa shape index (κ3) is 3.77. The van der Waals surface area contributed by atoms with E-state index in [0.29, 0.717) is 18.6 Å². The number of primary amides is 1. The molecule has 1 fully saturated rings. The Morgan fingerprint density at radius 3 is 2.50 bits per heavy atom. The monoisotopic (exact) mass is 478 g/mol. The molecule has 1 aromatic rings. The molecule has 1 aromatic heterocycles. The second-order valence-electron chi connectivity index (χ2n) is 8.00. The molecule has 3 amide bonds. The number of unbranched alkanes of at least 4 members (excludes halogenated alkanes) is 1. The molecule has 0 radical (unpaired) electrons. The lowest BCUT2D eigenvalue weighted by atomic mass is 9.74. The van der Waals surface area contributed by atoms with Crippen molar-refractivity contribution in [2.24, 2.45) is 11.1 Å². The van der Waals surface area contributed by atoms with Gasteiger partial charge in [0.1, 0.15) is 5.76 Å². The highest BCUT2D eigenvalue weighted by Crippen LogP contribution is 2.57. The van der Waals surface area contributed by atoms with E-state index in [1.54, 1.807) is 26.0 Å². The van der Waals surface area contributed by atoms with Gasteiger partial charge in [-0.25, -0.2) is 20.0 Å². The second-order valence-corrected chi connectivity index (χ2v) is 8.00. The van der Waals surface area contributed by atoms with Gasteiger partial charge in [0.25, 0.3) is 11.6 Å². The SMILES string of the molecule is CCCCC1=C(C(=O)OCC)C2(C(=O)OCC)CN(Cc3ccco3)C(=O)C2(O)N1NC(N)=O. The molecule has 2 unspecified atom stereocenters. The van der Waals surface area contributed by atoms with Gasteiger partial charge < -0.3 is 29.6 Å². The number of urea groups is 1. The van der Waals surface area contributed by atoms with Crippen LogP contribution in [0.1, 0.15) is 45.8 Å². The maximum absolute atomic E-state index is 13.7. The zero-order valence-electron chi connectivity index (χ0n) is 19.5. The van der Waals surface area contributed by atoms with Gasteiger partial charge >= 0.3 is 18.0 Å². The lowest BCUT2D eigenvalue weighted by Crippen LogP contribution is -2.66. The van der Waals surface area contributed by atoms with E-state index in [-0.39, 0.29) is 37.4 Å². The Balaban J connectivity index is 2.27. The maximum atomic E-state index is 13.7. The van der Waals surface area contributed by atoms with Gasteiger partial charge in [-0.1, -0.05) is 13.3 Å². The van der Waals surface area contributed by atoms with Crippen LogP contribution in [0.25, 0.3) is 0 Å². The fraction of sp³-hybridized carbons (Fsp3) is 0.545. The van der Waals surface area contributed by atoms with Gasteiger partial charge in [0, 0.05) is 6.54 Å². The topological polar surface area (TPSA) is 165 Å². The van der Waals surface area contributed by atoms with E-state index in [1.807, 2.05) is 6.92 Å². The average Bonchev–Trinajstić information content (AvgIpc) is 3.42. The number of carbonyl (C=O) groups excluding carboxylic acids is 4. The molecule has 1 saturated heterocycles. The molecular weight excluding hydrogens is 448 g/mol. The summed E-state index contributed by atoms with van der Waals surface area (Å²) in [5, 5.41) is 12.8. The second kappa shape index (κ2) is 9.75. The summed E-state index contributed by atoms with van der Waals surface area (Å²) < 4.78 is 15.8. The van der Waals surface area contributed by atoms with Crippen molar-refractivity contribution in [3.63, 3.8) is 0 Å². The molecule has 12 heteroatoms. The smallest absolute Gasteiger partial charge is 0.337 e. The Morgan fingerprint density at radius 2 is 1.94 bits per heavy atom. The highest BCUT2D eigenvalue weighted by atomic mass is 16.5. The van der Waals surface area contributed by atoms with Crippen molar-refractivity contribution in [1.82, 2.24) is 15.3 Å². The number of rotatable bonds is 10. The van der Waals surface area contributed by atoms with Gasteiger partial charge in [-0.2, -0.15) is 0 Å². The van der Waals surface area contributed by atoms with Crippen molar-refractivity contribution in [1.29, 1.82) is 0 Å². The number of carbonyl (C=O) groups is 4. The molecule has 0 bridgehead atoms. The minimum absolute atomic E-state index is 0.0198. The number of hydrogen-bond donors (Lipinski definition) is 3. The van der Waals surface area contributed by atoms with Gasteiger partial charge in [0.2, 0.25) is 0 Å². The van der Waals surface area contributed by atoms with E-state index in [4.69, 9.17) is 19.6 Å². The van der Waals surface area contributed by atoms with Crippen LogP contribution in [-0.2, 0) is 30.4 Å². The molecule has 4 N–H and O–H groups in total. The highest BCUT2D eigenvalue weighted by molar-refractivity contribution is 6.08. The Bertz CT molecular complexity index is 991. The molecule has 0 aliphatic carbocycles. The van der Waals surface area contributed by atoms with Gasteiger partial charge in [-0.3, -0.25) is 9.59 Å². The van der Waals surface area contributed by atoms with Gasteiger partial charge in [0.05, 0.1) is 37.3 Å². The van der Waals surface area contributed by atoms with Crippen LogP contribution in [0.2, 0.25) is 0 Å². The van der Waals surface area contributed by atoms with Crippen LogP contribution in [0.5, 0.6) is 0 Å². The summed E-state index contributed by atoms with van der Waals surface area (Å²) in [7, 11) is 0. The minimum Gasteiger partial charge on any atom is -0.467 e. The van der Waals surface area contributed by atoms with Crippen LogP contribution in [0.15, 0.2) is 34.1 Å². The number of nitrogens with one attached hydrogen (secondary N) is 1. The summed E-state index contributed by atoms with van der Waals surface area (Å²) in [6, 6.07) is 2.15. The third-order valence-electron chi connectivity index (χ3n) is 5.94. The molecule has 34 heavy (non-hydrogen) atoms. The molecule has 0 saturated carbocycles. The van der Waals surface area contributed by atoms with Crippen molar-refractivity contribution < 1.29 is 38.2 Å². The first kappa shape index (κ1) is 25.1. The Kier molecular flexibility index (Phi) is 7.20. The molecule has 2 aliphatic heterocycles. The first-order chi connectivity index (χ1) is 16.2. The number of hydrogen-bond acceptors (Lipinski definition) is 9. The molecular formula is C22H30N4O8. The fourth-order valence-electron chi connectivity index (χ4n) is 4.58. The summed E-state index contributed by atoms with van der Waals surface area (Å²) in [6.07, 6.45) is 2.78. The van der Waals surface area contributed by atoms with E-state index in [1.165, 1.54) is 11.2 Å². The zero-order chi connectivity index (χ0) is 25.1. The van der Waals surface area contributed by atoms with Gasteiger partial charge in [-0.05, 0) is 38.8 Å². The van der Waals surface area contributed by atoms with Crippen LogP contribution < -0.4 is 11.2 Å². The number of aliphatic hydroxyl groups is 1.